The van der Waals surface area contributed by atoms with Gasteiger partial charge in [-0.25, -0.2) is 14.3 Å². The van der Waals surface area contributed by atoms with E-state index in [4.69, 9.17) is 4.74 Å². The summed E-state index contributed by atoms with van der Waals surface area (Å²) in [7, 11) is 0. The molecule has 1 aliphatic carbocycles. The van der Waals surface area contributed by atoms with Crippen LogP contribution in [0.5, 0.6) is 0 Å². The molecule has 0 unspecified atom stereocenters. The number of para-hydroxylation sites is 1. The van der Waals surface area contributed by atoms with E-state index in [1.165, 1.54) is 11.3 Å². The van der Waals surface area contributed by atoms with Crippen LogP contribution in [-0.2, 0) is 9.53 Å². The highest BCUT2D eigenvalue weighted by atomic mass is 32.1. The summed E-state index contributed by atoms with van der Waals surface area (Å²) in [5.74, 6) is -1.24. The molecule has 1 aliphatic rings. The number of nitrogens with zero attached hydrogens (tertiary/aromatic N) is 3. The number of urea groups is 1. The largest absolute Gasteiger partial charge is 0.450 e. The minimum atomic E-state index is -0.848. The minimum absolute atomic E-state index is 0.0807. The van der Waals surface area contributed by atoms with Crippen LogP contribution in [-0.4, -0.2) is 45.3 Å². The molecule has 2 heterocycles. The first kappa shape index (κ1) is 20.7. The first-order valence-electron chi connectivity index (χ1n) is 9.94. The van der Waals surface area contributed by atoms with Crippen molar-refractivity contribution in [2.45, 2.75) is 31.7 Å². The molecule has 31 heavy (non-hydrogen) atoms. The molecule has 3 aromatic rings. The topological polar surface area (TPSA) is 115 Å². The number of hydrogen-bond acceptors (Lipinski definition) is 7. The number of rotatable bonds is 6. The van der Waals surface area contributed by atoms with Gasteiger partial charge in [-0.15, -0.1) is 16.4 Å². The van der Waals surface area contributed by atoms with E-state index in [0.29, 0.717) is 5.82 Å². The Morgan fingerprint density at radius 2 is 1.87 bits per heavy atom. The monoisotopic (exact) mass is 439 g/mol. The van der Waals surface area contributed by atoms with E-state index in [-0.39, 0.29) is 11.9 Å². The number of hydrogen-bond donors (Lipinski definition) is 2. The number of benzene rings is 1. The number of ether oxygens (including phenoxy) is 1. The Labute approximate surface area is 182 Å². The molecule has 3 amide bonds. The van der Waals surface area contributed by atoms with Crippen molar-refractivity contribution in [3.05, 3.63) is 53.7 Å². The molecule has 1 saturated carbocycles. The van der Waals surface area contributed by atoms with Crippen molar-refractivity contribution in [3.8, 4) is 16.4 Å². The lowest BCUT2D eigenvalue weighted by Crippen LogP contribution is -2.45. The minimum Gasteiger partial charge on any atom is -0.450 e. The summed E-state index contributed by atoms with van der Waals surface area (Å²) in [4.78, 5) is 41.4. The number of carbonyl (C=O) groups excluding carboxylic acids is 3. The lowest BCUT2D eigenvalue weighted by Gasteiger charge is -2.12. The second-order valence-electron chi connectivity index (χ2n) is 7.06. The van der Waals surface area contributed by atoms with Crippen LogP contribution in [0, 0.1) is 0 Å². The normalized spacial score (nSPS) is 13.7. The molecule has 0 atom stereocenters. The summed E-state index contributed by atoms with van der Waals surface area (Å²) in [6.45, 7) is -0.606. The van der Waals surface area contributed by atoms with E-state index in [1.807, 2.05) is 47.8 Å². The lowest BCUT2D eigenvalue weighted by molar-refractivity contribution is -0.123. The summed E-state index contributed by atoms with van der Waals surface area (Å²) in [6.07, 6.45) is 3.93. The van der Waals surface area contributed by atoms with Crippen LogP contribution < -0.4 is 10.6 Å². The van der Waals surface area contributed by atoms with Crippen LogP contribution in [0.25, 0.3) is 16.4 Å². The van der Waals surface area contributed by atoms with E-state index < -0.39 is 24.5 Å². The summed E-state index contributed by atoms with van der Waals surface area (Å²) in [5, 5.41) is 11.1. The number of carbonyl (C=O) groups is 3. The fourth-order valence-corrected chi connectivity index (χ4v) is 4.06. The van der Waals surface area contributed by atoms with Gasteiger partial charge in [-0.2, -0.15) is 4.98 Å². The molecule has 1 aromatic carbocycles. The molecule has 160 valence electrons. The summed E-state index contributed by atoms with van der Waals surface area (Å²) >= 11 is 1.46. The number of esters is 1. The number of thiophene rings is 1. The van der Waals surface area contributed by atoms with Gasteiger partial charge >= 0.3 is 12.0 Å². The third-order valence-electron chi connectivity index (χ3n) is 4.81. The van der Waals surface area contributed by atoms with Crippen LogP contribution in [0.3, 0.4) is 0 Å². The maximum absolute atomic E-state index is 12.4. The van der Waals surface area contributed by atoms with E-state index in [1.54, 1.807) is 4.68 Å². The molecule has 2 N–H and O–H groups in total. The van der Waals surface area contributed by atoms with Gasteiger partial charge in [0.05, 0.1) is 10.6 Å². The zero-order chi connectivity index (χ0) is 21.6. The standard InChI is InChI=1S/C21H21N5O4S/c27-17(23-21(29)22-14-7-4-5-8-14)13-30-20(28)18-24-19(16-11-6-12-31-16)26(25-18)15-9-2-1-3-10-15/h1-3,6,9-12,14H,4-5,7-8,13H2,(H2,22,23,27,29). The van der Waals surface area contributed by atoms with Gasteiger partial charge in [0, 0.05) is 6.04 Å². The van der Waals surface area contributed by atoms with Crippen molar-refractivity contribution >= 4 is 29.2 Å². The third-order valence-corrected chi connectivity index (χ3v) is 5.68. The highest BCUT2D eigenvalue weighted by molar-refractivity contribution is 7.13. The molecule has 0 bridgehead atoms. The number of nitrogens with one attached hydrogen (secondary N) is 2. The molecule has 0 saturated heterocycles. The lowest BCUT2D eigenvalue weighted by atomic mass is 10.2. The van der Waals surface area contributed by atoms with E-state index in [2.05, 4.69) is 20.7 Å². The SMILES string of the molecule is O=C(COC(=O)c1nc(-c2cccs2)n(-c2ccccc2)n1)NC(=O)NC1CCCC1. The molecule has 0 aliphatic heterocycles. The molecule has 0 radical (unpaired) electrons. The average Bonchev–Trinajstić information content (AvgIpc) is 3.53. The maximum atomic E-state index is 12.4. The Kier molecular flexibility index (Phi) is 6.37. The Bertz CT molecular complexity index is 1060. The maximum Gasteiger partial charge on any atom is 0.378 e. The molecule has 1 fully saturated rings. The van der Waals surface area contributed by atoms with Crippen molar-refractivity contribution in [3.63, 3.8) is 0 Å². The Balaban J connectivity index is 1.40. The van der Waals surface area contributed by atoms with Gasteiger partial charge in [0.2, 0.25) is 0 Å². The summed E-state index contributed by atoms with van der Waals surface area (Å²) < 4.78 is 6.57. The Hall–Kier alpha value is -3.53. The van der Waals surface area contributed by atoms with Gasteiger partial charge in [0.25, 0.3) is 11.7 Å². The first-order chi connectivity index (χ1) is 15.1. The van der Waals surface area contributed by atoms with Crippen molar-refractivity contribution in [1.82, 2.24) is 25.4 Å². The predicted octanol–water partition coefficient (Wildman–Crippen LogP) is 2.92. The second-order valence-corrected chi connectivity index (χ2v) is 8.01. The zero-order valence-electron chi connectivity index (χ0n) is 16.6. The number of imide groups is 1. The molecule has 0 spiro atoms. The first-order valence-corrected chi connectivity index (χ1v) is 10.8. The van der Waals surface area contributed by atoms with Gasteiger partial charge in [-0.1, -0.05) is 37.1 Å². The van der Waals surface area contributed by atoms with Crippen molar-refractivity contribution < 1.29 is 19.1 Å². The van der Waals surface area contributed by atoms with E-state index in [9.17, 15) is 14.4 Å². The summed E-state index contributed by atoms with van der Waals surface area (Å²) in [6, 6.07) is 12.5. The van der Waals surface area contributed by atoms with Gasteiger partial charge in [-0.05, 0) is 36.4 Å². The smallest absolute Gasteiger partial charge is 0.378 e. The fraction of sp³-hybridized carbons (Fsp3) is 0.286. The highest BCUT2D eigenvalue weighted by Gasteiger charge is 2.22. The molecule has 2 aromatic heterocycles. The summed E-state index contributed by atoms with van der Waals surface area (Å²) in [5.41, 5.74) is 0.735. The van der Waals surface area contributed by atoms with Crippen LogP contribution in [0.4, 0.5) is 4.79 Å². The molecule has 10 heteroatoms. The van der Waals surface area contributed by atoms with Gasteiger partial charge in [0.1, 0.15) is 0 Å². The van der Waals surface area contributed by atoms with Crippen LogP contribution in [0.2, 0.25) is 0 Å². The predicted molar refractivity (Wildman–Crippen MR) is 114 cm³/mol. The molecule has 4 rings (SSSR count). The second kappa shape index (κ2) is 9.52. The van der Waals surface area contributed by atoms with Crippen molar-refractivity contribution in [2.75, 3.05) is 6.61 Å². The van der Waals surface area contributed by atoms with Gasteiger partial charge in [0.15, 0.2) is 12.4 Å². The van der Waals surface area contributed by atoms with E-state index >= 15 is 0 Å². The molecular formula is C21H21N5O4S. The Morgan fingerprint density at radius 3 is 2.58 bits per heavy atom. The Morgan fingerprint density at radius 1 is 1.10 bits per heavy atom. The van der Waals surface area contributed by atoms with Crippen LogP contribution in [0.15, 0.2) is 47.8 Å². The van der Waals surface area contributed by atoms with Crippen molar-refractivity contribution in [2.24, 2.45) is 0 Å². The van der Waals surface area contributed by atoms with Crippen molar-refractivity contribution in [1.29, 1.82) is 0 Å². The zero-order valence-corrected chi connectivity index (χ0v) is 17.4. The number of aromatic nitrogens is 3. The fourth-order valence-electron chi connectivity index (χ4n) is 3.36. The quantitative estimate of drug-likeness (QED) is 0.571. The van der Waals surface area contributed by atoms with Gasteiger partial charge < -0.3 is 10.1 Å². The number of amides is 3. The van der Waals surface area contributed by atoms with Crippen LogP contribution in [0.1, 0.15) is 36.3 Å². The third kappa shape index (κ3) is 5.15. The van der Waals surface area contributed by atoms with E-state index in [0.717, 1.165) is 36.2 Å². The average molecular weight is 439 g/mol. The van der Waals surface area contributed by atoms with Gasteiger partial charge in [-0.3, -0.25) is 10.1 Å². The highest BCUT2D eigenvalue weighted by Crippen LogP contribution is 2.25. The van der Waals surface area contributed by atoms with Crippen LogP contribution >= 0.6 is 11.3 Å². The molecule has 9 nitrogen and oxygen atoms in total. The molecular weight excluding hydrogens is 418 g/mol.